The van der Waals surface area contributed by atoms with E-state index >= 15 is 0 Å². The lowest BCUT2D eigenvalue weighted by molar-refractivity contribution is -0.0712. The summed E-state index contributed by atoms with van der Waals surface area (Å²) in [6.45, 7) is 2.12. The maximum atomic E-state index is 12.1. The number of likely N-dealkylation sites (tertiary alicyclic amines) is 1. The van der Waals surface area contributed by atoms with Crippen LogP contribution in [0.3, 0.4) is 0 Å². The summed E-state index contributed by atoms with van der Waals surface area (Å²) in [5.74, 6) is 0. The van der Waals surface area contributed by atoms with Crippen LogP contribution in [0.1, 0.15) is 24.9 Å². The molecule has 116 valence electrons. The second kappa shape index (κ2) is 6.89. The zero-order valence-corrected chi connectivity index (χ0v) is 11.9. The molecule has 0 aromatic heterocycles. The molecule has 1 aromatic rings. The van der Waals surface area contributed by atoms with Gasteiger partial charge in [0.2, 0.25) is 0 Å². The Morgan fingerprint density at radius 3 is 2.52 bits per heavy atom. The minimum absolute atomic E-state index is 0.181. The van der Waals surface area contributed by atoms with Gasteiger partial charge in [0.15, 0.2) is 0 Å². The molecule has 1 aliphatic heterocycles. The van der Waals surface area contributed by atoms with Crippen LogP contribution in [0.5, 0.6) is 0 Å². The summed E-state index contributed by atoms with van der Waals surface area (Å²) in [5.41, 5.74) is 0.686. The van der Waals surface area contributed by atoms with E-state index < -0.39 is 30.4 Å². The molecule has 1 fully saturated rings. The lowest BCUT2D eigenvalue weighted by Gasteiger charge is -2.33. The number of hydrogen-bond acceptors (Lipinski definition) is 5. The summed E-state index contributed by atoms with van der Waals surface area (Å²) >= 11 is 0. The molecular formula is C15H21NO5. The van der Waals surface area contributed by atoms with Gasteiger partial charge in [0.05, 0.1) is 18.8 Å². The van der Waals surface area contributed by atoms with E-state index in [2.05, 4.69) is 0 Å². The number of amides is 1. The predicted octanol–water partition coefficient (Wildman–Crippen LogP) is 0.673. The lowest BCUT2D eigenvalue weighted by Crippen LogP contribution is -2.44. The first kappa shape index (κ1) is 15.8. The molecule has 21 heavy (non-hydrogen) atoms. The Morgan fingerprint density at radius 2 is 1.90 bits per heavy atom. The number of aliphatic hydroxyl groups excluding tert-OH is 3. The van der Waals surface area contributed by atoms with Crippen LogP contribution in [0.15, 0.2) is 30.3 Å². The minimum Gasteiger partial charge on any atom is -0.450 e. The standard InChI is InChI=1S/C15H21NO5/c1-2-21-15(20)16-9-8-11(17)13(18)14(19)12(16)10-6-4-3-5-7-10/h3-7,11-14,17-19H,2,8-9H2,1H3/t11-,12+,13-,14-/m0/s1. The second-order valence-electron chi connectivity index (χ2n) is 5.09. The highest BCUT2D eigenvalue weighted by Crippen LogP contribution is 2.31. The quantitative estimate of drug-likeness (QED) is 0.746. The third-order valence-electron chi connectivity index (χ3n) is 3.71. The molecule has 0 bridgehead atoms. The monoisotopic (exact) mass is 295 g/mol. The third-order valence-corrected chi connectivity index (χ3v) is 3.71. The van der Waals surface area contributed by atoms with Gasteiger partial charge in [-0.25, -0.2) is 4.79 Å². The van der Waals surface area contributed by atoms with Crippen LogP contribution in [0, 0.1) is 0 Å². The Hall–Kier alpha value is -1.63. The first-order valence-electron chi connectivity index (χ1n) is 7.08. The Balaban J connectivity index is 2.37. The molecule has 6 nitrogen and oxygen atoms in total. The van der Waals surface area contributed by atoms with Crippen molar-refractivity contribution in [2.45, 2.75) is 37.7 Å². The lowest BCUT2D eigenvalue weighted by atomic mass is 9.95. The van der Waals surface area contributed by atoms with Crippen LogP contribution in [-0.4, -0.2) is 57.8 Å². The highest BCUT2D eigenvalue weighted by Gasteiger charge is 2.41. The average molecular weight is 295 g/mol. The van der Waals surface area contributed by atoms with Gasteiger partial charge in [0.1, 0.15) is 12.2 Å². The molecule has 1 heterocycles. The van der Waals surface area contributed by atoms with Gasteiger partial charge in [0, 0.05) is 6.54 Å². The van der Waals surface area contributed by atoms with Gasteiger partial charge >= 0.3 is 6.09 Å². The van der Waals surface area contributed by atoms with E-state index in [4.69, 9.17) is 4.74 Å². The van der Waals surface area contributed by atoms with Gasteiger partial charge < -0.3 is 20.1 Å². The van der Waals surface area contributed by atoms with Gasteiger partial charge in [-0.3, -0.25) is 4.90 Å². The van der Waals surface area contributed by atoms with Gasteiger partial charge in [-0.2, -0.15) is 0 Å². The first-order valence-corrected chi connectivity index (χ1v) is 7.08. The van der Waals surface area contributed by atoms with Crippen molar-refractivity contribution >= 4 is 6.09 Å². The maximum Gasteiger partial charge on any atom is 0.410 e. The van der Waals surface area contributed by atoms with E-state index in [1.54, 1.807) is 31.2 Å². The highest BCUT2D eigenvalue weighted by atomic mass is 16.6. The van der Waals surface area contributed by atoms with Crippen LogP contribution < -0.4 is 0 Å². The Bertz CT molecular complexity index is 466. The minimum atomic E-state index is -1.31. The molecule has 1 aromatic carbocycles. The van der Waals surface area contributed by atoms with Gasteiger partial charge in [-0.1, -0.05) is 30.3 Å². The molecule has 0 saturated carbocycles. The zero-order valence-electron chi connectivity index (χ0n) is 11.9. The van der Waals surface area contributed by atoms with Crippen molar-refractivity contribution in [3.8, 4) is 0 Å². The fourth-order valence-electron chi connectivity index (χ4n) is 2.62. The molecule has 1 aliphatic rings. The van der Waals surface area contributed by atoms with E-state index in [-0.39, 0.29) is 19.6 Å². The number of carbonyl (C=O) groups is 1. The molecule has 6 heteroatoms. The van der Waals surface area contributed by atoms with Crippen LogP contribution in [0.4, 0.5) is 4.79 Å². The van der Waals surface area contributed by atoms with E-state index in [0.717, 1.165) is 0 Å². The van der Waals surface area contributed by atoms with Crippen LogP contribution in [0.25, 0.3) is 0 Å². The third kappa shape index (κ3) is 3.34. The molecule has 0 aliphatic carbocycles. The van der Waals surface area contributed by atoms with Crippen molar-refractivity contribution < 1.29 is 24.9 Å². The largest absolute Gasteiger partial charge is 0.450 e. The summed E-state index contributed by atoms with van der Waals surface area (Å²) < 4.78 is 5.02. The predicted molar refractivity (Wildman–Crippen MR) is 75.5 cm³/mol. The van der Waals surface area contributed by atoms with E-state index in [1.165, 1.54) is 4.90 Å². The van der Waals surface area contributed by atoms with Crippen molar-refractivity contribution in [1.82, 2.24) is 4.90 Å². The summed E-state index contributed by atoms with van der Waals surface area (Å²) in [5, 5.41) is 30.2. The number of aliphatic hydroxyl groups is 3. The fourth-order valence-corrected chi connectivity index (χ4v) is 2.62. The molecule has 2 rings (SSSR count). The van der Waals surface area contributed by atoms with Crippen molar-refractivity contribution in [2.24, 2.45) is 0 Å². The van der Waals surface area contributed by atoms with Crippen molar-refractivity contribution in [1.29, 1.82) is 0 Å². The molecule has 4 atom stereocenters. The fraction of sp³-hybridized carbons (Fsp3) is 0.533. The van der Waals surface area contributed by atoms with Crippen LogP contribution in [-0.2, 0) is 4.74 Å². The second-order valence-corrected chi connectivity index (χ2v) is 5.09. The van der Waals surface area contributed by atoms with Gasteiger partial charge in [0.25, 0.3) is 0 Å². The Kier molecular flexibility index (Phi) is 5.17. The Labute approximate surface area is 123 Å². The summed E-state index contributed by atoms with van der Waals surface area (Å²) in [6, 6.07) is 8.19. The summed E-state index contributed by atoms with van der Waals surface area (Å²) in [4.78, 5) is 13.5. The highest BCUT2D eigenvalue weighted by molar-refractivity contribution is 5.68. The van der Waals surface area contributed by atoms with Crippen molar-refractivity contribution in [3.63, 3.8) is 0 Å². The van der Waals surface area contributed by atoms with E-state index in [1.807, 2.05) is 6.07 Å². The van der Waals surface area contributed by atoms with E-state index in [0.29, 0.717) is 5.56 Å². The molecule has 1 saturated heterocycles. The first-order chi connectivity index (χ1) is 10.1. The van der Waals surface area contributed by atoms with Gasteiger partial charge in [-0.05, 0) is 18.9 Å². The van der Waals surface area contributed by atoms with Crippen LogP contribution >= 0.6 is 0 Å². The molecule has 3 N–H and O–H groups in total. The van der Waals surface area contributed by atoms with Crippen molar-refractivity contribution in [3.05, 3.63) is 35.9 Å². The number of ether oxygens (including phenoxy) is 1. The molecule has 0 unspecified atom stereocenters. The number of hydrogen-bond donors (Lipinski definition) is 3. The Morgan fingerprint density at radius 1 is 1.24 bits per heavy atom. The molecular weight excluding hydrogens is 274 g/mol. The SMILES string of the molecule is CCOC(=O)N1CC[C@H](O)[C@H](O)[C@@H](O)[C@H]1c1ccccc1. The maximum absolute atomic E-state index is 12.1. The molecule has 0 radical (unpaired) electrons. The van der Waals surface area contributed by atoms with Gasteiger partial charge in [-0.15, -0.1) is 0 Å². The summed E-state index contributed by atoms with van der Waals surface area (Å²) in [6.07, 6.45) is -4.05. The average Bonchev–Trinajstić information content (AvgIpc) is 2.60. The number of rotatable bonds is 2. The number of carbonyl (C=O) groups excluding carboxylic acids is 1. The zero-order chi connectivity index (χ0) is 15.4. The van der Waals surface area contributed by atoms with E-state index in [9.17, 15) is 20.1 Å². The topological polar surface area (TPSA) is 90.2 Å². The smallest absolute Gasteiger partial charge is 0.410 e. The van der Waals surface area contributed by atoms with Crippen molar-refractivity contribution in [2.75, 3.05) is 13.2 Å². The number of nitrogens with zero attached hydrogens (tertiary/aromatic N) is 1. The normalized spacial score (nSPS) is 29.8. The molecule has 0 spiro atoms. The summed E-state index contributed by atoms with van der Waals surface area (Å²) in [7, 11) is 0. The number of benzene rings is 1. The van der Waals surface area contributed by atoms with Crippen LogP contribution in [0.2, 0.25) is 0 Å². The molecule has 1 amide bonds.